The lowest BCUT2D eigenvalue weighted by Gasteiger charge is -2.25. The van der Waals surface area contributed by atoms with Gasteiger partial charge in [0.15, 0.2) is 0 Å². The topological polar surface area (TPSA) is 123 Å². The van der Waals surface area contributed by atoms with Crippen LogP contribution in [-0.4, -0.2) is 34.6 Å². The zero-order valence-electron chi connectivity index (χ0n) is 15.0. The summed E-state index contributed by atoms with van der Waals surface area (Å²) >= 11 is 5.93. The van der Waals surface area contributed by atoms with E-state index in [1.54, 1.807) is 31.2 Å². The van der Waals surface area contributed by atoms with Crippen LogP contribution in [0, 0.1) is 5.92 Å². The van der Waals surface area contributed by atoms with Gasteiger partial charge in [-0.3, -0.25) is 14.4 Å². The van der Waals surface area contributed by atoms with Crippen LogP contribution in [0.2, 0.25) is 5.02 Å². The molecular weight excluding hydrogens is 376 g/mol. The maximum atomic E-state index is 12.4. The number of hydrogen-bond acceptors (Lipinski definition) is 8. The number of anilines is 2. The Morgan fingerprint density at radius 2 is 1.78 bits per heavy atom. The summed E-state index contributed by atoms with van der Waals surface area (Å²) in [6.45, 7) is 4.36. The van der Waals surface area contributed by atoms with E-state index in [4.69, 9.17) is 16.3 Å². The van der Waals surface area contributed by atoms with Crippen LogP contribution in [0.1, 0.15) is 32.4 Å². The average Bonchev–Trinajstić information content (AvgIpc) is 3.01. The monoisotopic (exact) mass is 394 g/mol. The summed E-state index contributed by atoms with van der Waals surface area (Å²) in [6.07, 6.45) is 0. The third kappa shape index (κ3) is 5.27. The van der Waals surface area contributed by atoms with E-state index in [1.165, 1.54) is 13.8 Å². The molecule has 2 atom stereocenters. The predicted octanol–water partition coefficient (Wildman–Crippen LogP) is 2.60. The number of benzene rings is 1. The summed E-state index contributed by atoms with van der Waals surface area (Å²) in [6, 6.07) is 5.74. The van der Waals surface area contributed by atoms with Crippen LogP contribution in [0.15, 0.2) is 28.9 Å². The Bertz CT molecular complexity index is 821. The molecule has 0 spiro atoms. The van der Waals surface area contributed by atoms with Crippen LogP contribution >= 0.6 is 11.6 Å². The van der Waals surface area contributed by atoms with Gasteiger partial charge < -0.3 is 15.4 Å². The van der Waals surface area contributed by atoms with Crippen molar-refractivity contribution >= 4 is 40.9 Å². The molecule has 0 fully saturated rings. The molecule has 0 saturated heterocycles. The summed E-state index contributed by atoms with van der Waals surface area (Å²) in [5, 5.41) is 13.2. The van der Waals surface area contributed by atoms with Crippen molar-refractivity contribution in [3.8, 4) is 0 Å². The first-order valence-corrected chi connectivity index (χ1v) is 8.50. The minimum absolute atomic E-state index is 0.0348. The SMILES string of the molecule is CCOC(=O)[C@H](C(C)=O)[C@@H](Nc1nonc1NC(C)=O)c1ccc(Cl)cc1. The van der Waals surface area contributed by atoms with Crippen molar-refractivity contribution in [2.24, 2.45) is 5.92 Å². The maximum Gasteiger partial charge on any atom is 0.318 e. The molecule has 27 heavy (non-hydrogen) atoms. The summed E-state index contributed by atoms with van der Waals surface area (Å²) in [5.41, 5.74) is 0.587. The highest BCUT2D eigenvalue weighted by molar-refractivity contribution is 6.30. The number of carbonyl (C=O) groups is 3. The Morgan fingerprint density at radius 3 is 2.33 bits per heavy atom. The third-order valence-corrected chi connectivity index (χ3v) is 3.87. The third-order valence-electron chi connectivity index (χ3n) is 3.62. The van der Waals surface area contributed by atoms with Crippen molar-refractivity contribution in [2.45, 2.75) is 26.8 Å². The van der Waals surface area contributed by atoms with Crippen molar-refractivity contribution in [1.29, 1.82) is 0 Å². The van der Waals surface area contributed by atoms with E-state index in [0.29, 0.717) is 10.6 Å². The number of hydrogen-bond donors (Lipinski definition) is 2. The van der Waals surface area contributed by atoms with Crippen molar-refractivity contribution in [1.82, 2.24) is 10.3 Å². The lowest BCUT2D eigenvalue weighted by atomic mass is 9.90. The van der Waals surface area contributed by atoms with Crippen molar-refractivity contribution in [2.75, 3.05) is 17.2 Å². The molecule has 0 saturated carbocycles. The van der Waals surface area contributed by atoms with Gasteiger partial charge in [-0.2, -0.15) is 0 Å². The Morgan fingerprint density at radius 1 is 1.15 bits per heavy atom. The number of aromatic nitrogens is 2. The number of Topliss-reactive ketones (excluding diaryl/α,β-unsaturated/α-hetero) is 1. The fourth-order valence-electron chi connectivity index (χ4n) is 2.48. The second-order valence-electron chi connectivity index (χ2n) is 5.66. The van der Waals surface area contributed by atoms with Gasteiger partial charge in [-0.1, -0.05) is 23.7 Å². The quantitative estimate of drug-likeness (QED) is 0.517. The zero-order valence-corrected chi connectivity index (χ0v) is 15.7. The molecule has 2 rings (SSSR count). The standard InChI is InChI=1S/C17H19ClN4O5/c1-4-26-17(25)13(9(2)23)14(11-5-7-12(18)8-6-11)20-16-15(19-10(3)24)21-27-22-16/h5-8,13-14H,4H2,1-3H3,(H,20,22)(H,19,21,24)/t13-,14+/m1/s1. The molecule has 0 aliphatic carbocycles. The molecule has 10 heteroatoms. The van der Waals surface area contributed by atoms with Gasteiger partial charge in [0.1, 0.15) is 11.7 Å². The lowest BCUT2D eigenvalue weighted by molar-refractivity contribution is -0.151. The van der Waals surface area contributed by atoms with E-state index >= 15 is 0 Å². The zero-order chi connectivity index (χ0) is 20.0. The van der Waals surface area contributed by atoms with Gasteiger partial charge in [0.25, 0.3) is 0 Å². The number of nitrogens with zero attached hydrogens (tertiary/aromatic N) is 2. The number of ether oxygens (including phenoxy) is 1. The van der Waals surface area contributed by atoms with Crippen molar-refractivity contribution < 1.29 is 23.7 Å². The van der Waals surface area contributed by atoms with E-state index in [9.17, 15) is 14.4 Å². The minimum atomic E-state index is -1.16. The normalized spacial score (nSPS) is 12.7. The summed E-state index contributed by atoms with van der Waals surface area (Å²) in [5.74, 6) is -2.53. The van der Waals surface area contributed by atoms with Gasteiger partial charge >= 0.3 is 5.97 Å². The molecule has 1 aromatic heterocycles. The molecule has 0 unspecified atom stereocenters. The molecule has 2 N–H and O–H groups in total. The number of halogens is 1. The fraction of sp³-hybridized carbons (Fsp3) is 0.353. The summed E-state index contributed by atoms with van der Waals surface area (Å²) in [7, 11) is 0. The molecule has 1 amide bonds. The van der Waals surface area contributed by atoms with Gasteiger partial charge in [0.2, 0.25) is 17.5 Å². The van der Waals surface area contributed by atoms with Crippen molar-refractivity contribution in [3.63, 3.8) is 0 Å². The number of esters is 1. The van der Waals surface area contributed by atoms with E-state index in [2.05, 4.69) is 25.6 Å². The number of nitrogens with one attached hydrogen (secondary N) is 2. The molecule has 1 heterocycles. The van der Waals surface area contributed by atoms with Crippen LogP contribution in [0.25, 0.3) is 0 Å². The van der Waals surface area contributed by atoms with E-state index in [0.717, 1.165) is 0 Å². The average molecular weight is 395 g/mol. The Balaban J connectivity index is 2.44. The molecule has 1 aromatic carbocycles. The fourth-order valence-corrected chi connectivity index (χ4v) is 2.60. The highest BCUT2D eigenvalue weighted by Gasteiger charge is 2.36. The number of ketones is 1. The first-order valence-electron chi connectivity index (χ1n) is 8.12. The molecule has 0 bridgehead atoms. The Labute approximate surface area is 160 Å². The van der Waals surface area contributed by atoms with Crippen LogP contribution in [0.5, 0.6) is 0 Å². The van der Waals surface area contributed by atoms with Gasteiger partial charge in [-0.15, -0.1) is 0 Å². The highest BCUT2D eigenvalue weighted by atomic mass is 35.5. The largest absolute Gasteiger partial charge is 0.465 e. The summed E-state index contributed by atoms with van der Waals surface area (Å²) in [4.78, 5) is 36.0. The maximum absolute atomic E-state index is 12.4. The molecule has 0 aliphatic rings. The second-order valence-corrected chi connectivity index (χ2v) is 6.09. The molecule has 144 valence electrons. The van der Waals surface area contributed by atoms with Crippen molar-refractivity contribution in [3.05, 3.63) is 34.9 Å². The highest BCUT2D eigenvalue weighted by Crippen LogP contribution is 2.31. The number of rotatable bonds is 8. The molecular formula is C17H19ClN4O5. The van der Waals surface area contributed by atoms with Gasteiger partial charge in [0.05, 0.1) is 12.6 Å². The van der Waals surface area contributed by atoms with E-state index in [1.807, 2.05) is 0 Å². The second kappa shape index (κ2) is 9.13. The van der Waals surface area contributed by atoms with Crippen LogP contribution in [-0.2, 0) is 19.1 Å². The smallest absolute Gasteiger partial charge is 0.318 e. The number of amides is 1. The van der Waals surface area contributed by atoms with Crippen LogP contribution in [0.3, 0.4) is 0 Å². The number of carbonyl (C=O) groups excluding carboxylic acids is 3. The first-order chi connectivity index (χ1) is 12.8. The van der Waals surface area contributed by atoms with Gasteiger partial charge in [-0.05, 0) is 41.9 Å². The molecule has 0 radical (unpaired) electrons. The molecule has 0 aliphatic heterocycles. The van der Waals surface area contributed by atoms with E-state index < -0.39 is 23.7 Å². The first kappa shape index (κ1) is 20.4. The molecule has 9 nitrogen and oxygen atoms in total. The van der Waals surface area contributed by atoms with Gasteiger partial charge in [0, 0.05) is 11.9 Å². The summed E-state index contributed by atoms with van der Waals surface area (Å²) < 4.78 is 9.70. The van der Waals surface area contributed by atoms with E-state index in [-0.39, 0.29) is 24.1 Å². The Hall–Kier alpha value is -2.94. The molecule has 2 aromatic rings. The lowest BCUT2D eigenvalue weighted by Crippen LogP contribution is -2.34. The van der Waals surface area contributed by atoms with Crippen LogP contribution < -0.4 is 10.6 Å². The Kier molecular flexibility index (Phi) is 6.89. The minimum Gasteiger partial charge on any atom is -0.465 e. The van der Waals surface area contributed by atoms with Crippen LogP contribution in [0.4, 0.5) is 11.6 Å². The van der Waals surface area contributed by atoms with Gasteiger partial charge in [-0.25, -0.2) is 4.63 Å². The predicted molar refractivity (Wildman–Crippen MR) is 97.2 cm³/mol.